The van der Waals surface area contributed by atoms with Crippen LogP contribution in [0.3, 0.4) is 0 Å². The fraction of sp³-hybridized carbons (Fsp3) is 0.682. The third kappa shape index (κ3) is 8.31. The van der Waals surface area contributed by atoms with Crippen molar-refractivity contribution >= 4 is 25.8 Å². The summed E-state index contributed by atoms with van der Waals surface area (Å²) in [6, 6.07) is 1.80. The van der Waals surface area contributed by atoms with Gasteiger partial charge >= 0.3 is 0 Å². The van der Waals surface area contributed by atoms with Crippen LogP contribution in [0.15, 0.2) is 29.2 Å². The summed E-state index contributed by atoms with van der Waals surface area (Å²) in [5.74, 6) is -0.950. The predicted molar refractivity (Wildman–Crippen MR) is 124 cm³/mol. The predicted octanol–water partition coefficient (Wildman–Crippen LogP) is 1.85. The average Bonchev–Trinajstić information content (AvgIpc) is 3.01. The first kappa shape index (κ1) is 27.7. The van der Waals surface area contributed by atoms with E-state index in [2.05, 4.69) is 23.9 Å². The average molecular weight is 507 g/mol. The fourth-order valence-corrected chi connectivity index (χ4v) is 6.84. The van der Waals surface area contributed by atoms with Crippen LogP contribution in [-0.4, -0.2) is 58.0 Å². The zero-order valence-corrected chi connectivity index (χ0v) is 21.1. The first-order valence-electron chi connectivity index (χ1n) is 11.2. The van der Waals surface area contributed by atoms with Crippen molar-refractivity contribution in [2.45, 2.75) is 69.5 Å². The monoisotopic (exact) mass is 506 g/mol. The third-order valence-corrected chi connectivity index (χ3v) is 8.77. The largest absolute Gasteiger partial charge is 0.391 e. The molecule has 1 fully saturated rings. The minimum atomic E-state index is -4.11. The Labute approximate surface area is 196 Å². The van der Waals surface area contributed by atoms with E-state index >= 15 is 0 Å². The van der Waals surface area contributed by atoms with Crippen molar-refractivity contribution in [3.63, 3.8) is 0 Å². The van der Waals surface area contributed by atoms with Crippen LogP contribution in [0.5, 0.6) is 0 Å². The zero-order valence-electron chi connectivity index (χ0n) is 19.5. The van der Waals surface area contributed by atoms with Gasteiger partial charge in [-0.25, -0.2) is 25.9 Å². The molecule has 0 aromatic heterocycles. The van der Waals surface area contributed by atoms with Crippen molar-refractivity contribution in [1.29, 1.82) is 0 Å². The molecule has 33 heavy (non-hydrogen) atoms. The number of nitrogens with one attached hydrogen (secondary N) is 2. The maximum absolute atomic E-state index is 13.2. The Hall–Kier alpha value is -1.56. The summed E-state index contributed by atoms with van der Waals surface area (Å²) in [6.45, 7) is 6.10. The summed E-state index contributed by atoms with van der Waals surface area (Å²) in [6.07, 6.45) is 2.96. The van der Waals surface area contributed by atoms with E-state index in [4.69, 9.17) is 0 Å². The molecule has 0 saturated heterocycles. The maximum Gasteiger partial charge on any atom is 0.239 e. The van der Waals surface area contributed by atoms with E-state index < -0.39 is 55.5 Å². The van der Waals surface area contributed by atoms with Gasteiger partial charge in [0, 0.05) is 0 Å². The van der Waals surface area contributed by atoms with E-state index in [1.807, 2.05) is 0 Å². The summed E-state index contributed by atoms with van der Waals surface area (Å²) >= 11 is 0. The molecule has 188 valence electrons. The molecule has 6 unspecified atom stereocenters. The van der Waals surface area contributed by atoms with E-state index in [1.54, 1.807) is 6.92 Å². The molecule has 1 amide bonds. The Morgan fingerprint density at radius 1 is 1.15 bits per heavy atom. The number of amides is 1. The smallest absolute Gasteiger partial charge is 0.239 e. The van der Waals surface area contributed by atoms with Crippen LogP contribution in [0, 0.1) is 23.6 Å². The van der Waals surface area contributed by atoms with Crippen molar-refractivity contribution in [3.05, 3.63) is 30.1 Å². The molecule has 0 heterocycles. The molecular formula is C22H35FN2O6S2. The number of aliphatic hydroxyl groups excluding tert-OH is 1. The molecule has 3 N–H and O–H groups in total. The molecule has 6 atom stereocenters. The van der Waals surface area contributed by atoms with Crippen molar-refractivity contribution in [1.82, 2.24) is 10.0 Å². The van der Waals surface area contributed by atoms with Crippen LogP contribution in [-0.2, 0) is 24.7 Å². The third-order valence-electron chi connectivity index (χ3n) is 6.29. The van der Waals surface area contributed by atoms with E-state index in [0.29, 0.717) is 30.6 Å². The Morgan fingerprint density at radius 3 is 2.24 bits per heavy atom. The second-order valence-electron chi connectivity index (χ2n) is 9.32. The van der Waals surface area contributed by atoms with E-state index in [9.17, 15) is 31.1 Å². The minimum Gasteiger partial charge on any atom is -0.391 e. The highest BCUT2D eigenvalue weighted by Gasteiger charge is 2.34. The highest BCUT2D eigenvalue weighted by Crippen LogP contribution is 2.38. The summed E-state index contributed by atoms with van der Waals surface area (Å²) in [5.41, 5.74) is 0. The highest BCUT2D eigenvalue weighted by molar-refractivity contribution is 7.91. The number of rotatable bonds is 11. The molecule has 1 aromatic rings. The Bertz CT molecular complexity index is 1010. The van der Waals surface area contributed by atoms with Crippen LogP contribution in [0.4, 0.5) is 4.39 Å². The number of benzene rings is 1. The Kier molecular flexibility index (Phi) is 9.43. The van der Waals surface area contributed by atoms with Crippen molar-refractivity contribution in [2.75, 3.05) is 12.0 Å². The topological polar surface area (TPSA) is 130 Å². The molecule has 2 rings (SSSR count). The molecule has 0 aliphatic heterocycles. The molecular weight excluding hydrogens is 471 g/mol. The Balaban J connectivity index is 2.15. The van der Waals surface area contributed by atoms with Crippen LogP contribution >= 0.6 is 0 Å². The fourth-order valence-electron chi connectivity index (χ4n) is 4.61. The van der Waals surface area contributed by atoms with Crippen LogP contribution in [0.25, 0.3) is 0 Å². The van der Waals surface area contributed by atoms with E-state index in [-0.39, 0.29) is 4.90 Å². The van der Waals surface area contributed by atoms with Gasteiger partial charge in [0.25, 0.3) is 0 Å². The standard InChI is InChI=1S/C22H35FN2O6S2/c1-5-19(21(26)12-16-11-14(2)10-15(16)3)24-22(27)20(25-32(4,28)29)13-33(30,31)18-8-6-17(23)7-9-18/h6-9,14-16,19-21,25-26H,5,10-13H2,1-4H3,(H,24,27). The number of halogens is 1. The second kappa shape index (κ2) is 11.2. The number of carbonyl (C=O) groups is 1. The highest BCUT2D eigenvalue weighted by atomic mass is 32.2. The van der Waals surface area contributed by atoms with Gasteiger partial charge in [0.2, 0.25) is 15.9 Å². The molecule has 0 spiro atoms. The van der Waals surface area contributed by atoms with E-state index in [0.717, 1.165) is 43.4 Å². The van der Waals surface area contributed by atoms with Gasteiger partial charge in [0.15, 0.2) is 9.84 Å². The van der Waals surface area contributed by atoms with Gasteiger partial charge in [0.05, 0.1) is 29.0 Å². The van der Waals surface area contributed by atoms with Crippen molar-refractivity contribution in [2.24, 2.45) is 17.8 Å². The van der Waals surface area contributed by atoms with Crippen LogP contribution in [0.1, 0.15) is 46.5 Å². The molecule has 1 aliphatic rings. The lowest BCUT2D eigenvalue weighted by Crippen LogP contribution is -2.54. The summed E-state index contributed by atoms with van der Waals surface area (Å²) in [4.78, 5) is 12.7. The van der Waals surface area contributed by atoms with Gasteiger partial charge in [-0.3, -0.25) is 4.79 Å². The number of hydrogen-bond acceptors (Lipinski definition) is 6. The summed E-state index contributed by atoms with van der Waals surface area (Å²) in [5, 5.41) is 13.4. The molecule has 0 radical (unpaired) electrons. The van der Waals surface area contributed by atoms with Crippen LogP contribution < -0.4 is 10.0 Å². The summed E-state index contributed by atoms with van der Waals surface area (Å²) < 4.78 is 64.4. The lowest BCUT2D eigenvalue weighted by Gasteiger charge is -2.28. The molecule has 1 aliphatic carbocycles. The van der Waals surface area contributed by atoms with Gasteiger partial charge in [-0.05, 0) is 67.7 Å². The normalized spacial score (nSPS) is 24.2. The van der Waals surface area contributed by atoms with Gasteiger partial charge in [-0.15, -0.1) is 0 Å². The van der Waals surface area contributed by atoms with Gasteiger partial charge in [0.1, 0.15) is 11.9 Å². The molecule has 11 heteroatoms. The minimum absolute atomic E-state index is 0.228. The number of sulfonamides is 1. The molecule has 0 bridgehead atoms. The van der Waals surface area contributed by atoms with Crippen molar-refractivity contribution < 1.29 is 31.1 Å². The Morgan fingerprint density at radius 2 is 1.76 bits per heavy atom. The molecule has 1 saturated carbocycles. The first-order chi connectivity index (χ1) is 15.2. The number of aliphatic hydroxyl groups is 1. The number of carbonyl (C=O) groups excluding carboxylic acids is 1. The molecule has 1 aromatic carbocycles. The first-order valence-corrected chi connectivity index (χ1v) is 14.7. The van der Waals surface area contributed by atoms with Crippen molar-refractivity contribution in [3.8, 4) is 0 Å². The second-order valence-corrected chi connectivity index (χ2v) is 13.1. The van der Waals surface area contributed by atoms with E-state index in [1.165, 1.54) is 0 Å². The lowest BCUT2D eigenvalue weighted by atomic mass is 9.89. The molecule has 8 nitrogen and oxygen atoms in total. The van der Waals surface area contributed by atoms with Gasteiger partial charge in [-0.2, -0.15) is 0 Å². The maximum atomic E-state index is 13.2. The lowest BCUT2D eigenvalue weighted by molar-refractivity contribution is -0.124. The van der Waals surface area contributed by atoms with Gasteiger partial charge in [-0.1, -0.05) is 20.8 Å². The quantitative estimate of drug-likeness (QED) is 0.393. The number of hydrogen-bond donors (Lipinski definition) is 3. The zero-order chi connectivity index (χ0) is 25.0. The van der Waals surface area contributed by atoms with Crippen LogP contribution in [0.2, 0.25) is 0 Å². The SMILES string of the molecule is CCC(NC(=O)C(CS(=O)(=O)c1ccc(F)cc1)NS(C)(=O)=O)C(O)CC1CC(C)CC1C. The summed E-state index contributed by atoms with van der Waals surface area (Å²) in [7, 11) is -8.03. The number of sulfone groups is 1. The van der Waals surface area contributed by atoms with Gasteiger partial charge < -0.3 is 10.4 Å².